The number of hydrogen-bond donors (Lipinski definition) is 0. The molecule has 0 saturated carbocycles. The Morgan fingerprint density at radius 1 is 1.38 bits per heavy atom. The van der Waals surface area contributed by atoms with Gasteiger partial charge in [0.25, 0.3) is 5.91 Å². The maximum Gasteiger partial charge on any atom is 0.255 e. The summed E-state index contributed by atoms with van der Waals surface area (Å²) in [5.41, 5.74) is 3.38. The summed E-state index contributed by atoms with van der Waals surface area (Å²) in [7, 11) is 3.63. The van der Waals surface area contributed by atoms with E-state index in [0.717, 1.165) is 23.2 Å². The van der Waals surface area contributed by atoms with E-state index in [9.17, 15) is 4.79 Å². The van der Waals surface area contributed by atoms with Crippen LogP contribution in [-0.4, -0.2) is 45.3 Å². The lowest BCUT2D eigenvalue weighted by Crippen LogP contribution is -2.36. The number of para-hydroxylation sites is 1. The lowest BCUT2D eigenvalue weighted by Gasteiger charge is -2.21. The largest absolute Gasteiger partial charge is 0.488 e. The number of rotatable bonds is 3. The number of fused-ring (bicyclic) bond motifs is 2. The summed E-state index contributed by atoms with van der Waals surface area (Å²) in [6.07, 6.45) is 4.11. The molecule has 0 saturated heterocycles. The third-order valence-electron chi connectivity index (χ3n) is 4.38. The van der Waals surface area contributed by atoms with Crippen LogP contribution in [0.2, 0.25) is 0 Å². The van der Waals surface area contributed by atoms with Gasteiger partial charge in [-0.2, -0.15) is 5.10 Å². The SMILES string of the molecule is CN(CC1Cc2ccccc2O1)C(=O)c1cnc2cnn(C)c2c1. The molecule has 3 heterocycles. The Morgan fingerprint density at radius 3 is 3.04 bits per heavy atom. The second kappa shape index (κ2) is 5.63. The second-order valence-corrected chi connectivity index (χ2v) is 6.13. The Labute approximate surface area is 139 Å². The molecule has 1 unspecified atom stereocenters. The Balaban J connectivity index is 1.49. The topological polar surface area (TPSA) is 60.2 Å². The Hall–Kier alpha value is -2.89. The first-order valence-electron chi connectivity index (χ1n) is 7.89. The summed E-state index contributed by atoms with van der Waals surface area (Å²) >= 11 is 0. The van der Waals surface area contributed by atoms with E-state index in [1.807, 2.05) is 31.3 Å². The summed E-state index contributed by atoms with van der Waals surface area (Å²) in [4.78, 5) is 18.7. The zero-order valence-corrected chi connectivity index (χ0v) is 13.6. The van der Waals surface area contributed by atoms with Crippen LogP contribution in [-0.2, 0) is 13.5 Å². The molecule has 24 heavy (non-hydrogen) atoms. The number of aryl methyl sites for hydroxylation is 1. The molecule has 0 N–H and O–H groups in total. The zero-order chi connectivity index (χ0) is 16.7. The van der Waals surface area contributed by atoms with Crippen molar-refractivity contribution < 1.29 is 9.53 Å². The van der Waals surface area contributed by atoms with E-state index in [4.69, 9.17) is 4.74 Å². The number of benzene rings is 1. The fourth-order valence-corrected chi connectivity index (χ4v) is 3.11. The van der Waals surface area contributed by atoms with Crippen molar-refractivity contribution in [2.24, 2.45) is 7.05 Å². The van der Waals surface area contributed by atoms with E-state index in [1.165, 1.54) is 5.56 Å². The fraction of sp³-hybridized carbons (Fsp3) is 0.278. The molecule has 0 radical (unpaired) electrons. The van der Waals surface area contributed by atoms with Crippen molar-refractivity contribution in [3.8, 4) is 5.75 Å². The number of ether oxygens (including phenoxy) is 1. The van der Waals surface area contributed by atoms with Crippen molar-refractivity contribution in [1.29, 1.82) is 0 Å². The van der Waals surface area contributed by atoms with E-state index < -0.39 is 0 Å². The van der Waals surface area contributed by atoms with Gasteiger partial charge in [0, 0.05) is 26.7 Å². The van der Waals surface area contributed by atoms with E-state index in [-0.39, 0.29) is 12.0 Å². The molecule has 4 rings (SSSR count). The number of amides is 1. The van der Waals surface area contributed by atoms with Gasteiger partial charge in [0.2, 0.25) is 0 Å². The molecule has 0 spiro atoms. The van der Waals surface area contributed by atoms with Gasteiger partial charge in [-0.1, -0.05) is 18.2 Å². The van der Waals surface area contributed by atoms with Crippen molar-refractivity contribution in [2.75, 3.05) is 13.6 Å². The van der Waals surface area contributed by atoms with Crippen LogP contribution in [0.1, 0.15) is 15.9 Å². The molecule has 1 aliphatic heterocycles. The summed E-state index contributed by atoms with van der Waals surface area (Å²) in [6.45, 7) is 0.539. The van der Waals surface area contributed by atoms with Crippen LogP contribution >= 0.6 is 0 Å². The lowest BCUT2D eigenvalue weighted by atomic mass is 10.1. The number of aromatic nitrogens is 3. The number of carbonyl (C=O) groups excluding carboxylic acids is 1. The first kappa shape index (κ1) is 14.7. The molecule has 1 amide bonds. The van der Waals surface area contributed by atoms with E-state index in [1.54, 1.807) is 29.0 Å². The van der Waals surface area contributed by atoms with Crippen LogP contribution in [0, 0.1) is 0 Å². The molecule has 3 aromatic rings. The van der Waals surface area contributed by atoms with E-state index >= 15 is 0 Å². The van der Waals surface area contributed by atoms with Crippen molar-refractivity contribution in [3.05, 3.63) is 53.9 Å². The minimum absolute atomic E-state index is 0.00950. The highest BCUT2D eigenvalue weighted by atomic mass is 16.5. The molecule has 1 aliphatic rings. The highest BCUT2D eigenvalue weighted by Crippen LogP contribution is 2.28. The average Bonchev–Trinajstić information content (AvgIpc) is 3.17. The van der Waals surface area contributed by atoms with Crippen molar-refractivity contribution in [2.45, 2.75) is 12.5 Å². The number of pyridine rings is 1. The average molecular weight is 322 g/mol. The molecular weight excluding hydrogens is 304 g/mol. The van der Waals surface area contributed by atoms with E-state index in [2.05, 4.69) is 16.1 Å². The maximum absolute atomic E-state index is 12.7. The van der Waals surface area contributed by atoms with Gasteiger partial charge in [0.05, 0.1) is 23.8 Å². The van der Waals surface area contributed by atoms with Crippen molar-refractivity contribution in [1.82, 2.24) is 19.7 Å². The molecular formula is C18H18N4O2. The van der Waals surface area contributed by atoms with Crippen LogP contribution in [0.4, 0.5) is 0 Å². The Morgan fingerprint density at radius 2 is 2.21 bits per heavy atom. The van der Waals surface area contributed by atoms with Gasteiger partial charge >= 0.3 is 0 Å². The molecule has 0 aliphatic carbocycles. The minimum Gasteiger partial charge on any atom is -0.488 e. The number of carbonyl (C=O) groups is 1. The van der Waals surface area contributed by atoms with E-state index in [0.29, 0.717) is 12.1 Å². The molecule has 122 valence electrons. The molecule has 6 heteroatoms. The van der Waals surface area contributed by atoms with Crippen LogP contribution in [0.5, 0.6) is 5.75 Å². The van der Waals surface area contributed by atoms with Gasteiger partial charge in [0.15, 0.2) is 0 Å². The fourth-order valence-electron chi connectivity index (χ4n) is 3.11. The normalized spacial score (nSPS) is 16.0. The van der Waals surface area contributed by atoms with Crippen molar-refractivity contribution >= 4 is 16.9 Å². The molecule has 6 nitrogen and oxygen atoms in total. The first-order chi connectivity index (χ1) is 11.6. The van der Waals surface area contributed by atoms with Crippen LogP contribution in [0.3, 0.4) is 0 Å². The predicted octanol–water partition coefficient (Wildman–Crippen LogP) is 2.04. The van der Waals surface area contributed by atoms with Crippen LogP contribution in [0.15, 0.2) is 42.7 Å². The highest BCUT2D eigenvalue weighted by Gasteiger charge is 2.25. The standard InChI is InChI=1S/C18H18N4O2/c1-21(11-14-7-12-5-3-4-6-17(12)24-14)18(23)13-8-16-15(19-9-13)10-20-22(16)2/h3-6,8-10,14H,7,11H2,1-2H3. The smallest absolute Gasteiger partial charge is 0.255 e. The summed E-state index contributed by atoms with van der Waals surface area (Å²) < 4.78 is 7.64. The van der Waals surface area contributed by atoms with Crippen LogP contribution in [0.25, 0.3) is 11.0 Å². The summed E-state index contributed by atoms with van der Waals surface area (Å²) in [6, 6.07) is 9.84. The van der Waals surface area contributed by atoms with Crippen LogP contribution < -0.4 is 4.74 Å². The van der Waals surface area contributed by atoms with Gasteiger partial charge in [-0.3, -0.25) is 14.5 Å². The Kier molecular flexibility index (Phi) is 3.45. The van der Waals surface area contributed by atoms with Gasteiger partial charge in [-0.15, -0.1) is 0 Å². The third kappa shape index (κ3) is 2.50. The highest BCUT2D eigenvalue weighted by molar-refractivity contribution is 5.96. The molecule has 2 aromatic heterocycles. The first-order valence-corrected chi connectivity index (χ1v) is 7.89. The van der Waals surface area contributed by atoms with Crippen molar-refractivity contribution in [3.63, 3.8) is 0 Å². The molecule has 0 fully saturated rings. The quantitative estimate of drug-likeness (QED) is 0.740. The number of hydrogen-bond acceptors (Lipinski definition) is 4. The monoisotopic (exact) mass is 322 g/mol. The summed E-state index contributed by atoms with van der Waals surface area (Å²) in [5, 5.41) is 4.16. The molecule has 0 bridgehead atoms. The van der Waals surface area contributed by atoms with Gasteiger partial charge < -0.3 is 9.64 Å². The lowest BCUT2D eigenvalue weighted by molar-refractivity contribution is 0.0730. The van der Waals surface area contributed by atoms with Gasteiger partial charge in [0.1, 0.15) is 17.4 Å². The summed E-state index contributed by atoms with van der Waals surface area (Å²) in [5.74, 6) is 0.853. The second-order valence-electron chi connectivity index (χ2n) is 6.13. The third-order valence-corrected chi connectivity index (χ3v) is 4.38. The van der Waals surface area contributed by atoms with Gasteiger partial charge in [-0.05, 0) is 17.7 Å². The number of nitrogens with zero attached hydrogens (tertiary/aromatic N) is 4. The molecule has 1 atom stereocenters. The van der Waals surface area contributed by atoms with Gasteiger partial charge in [-0.25, -0.2) is 0 Å². The predicted molar refractivity (Wildman–Crippen MR) is 90.0 cm³/mol. The maximum atomic E-state index is 12.7. The number of likely N-dealkylation sites (N-methyl/N-ethyl adjacent to an activating group) is 1. The zero-order valence-electron chi connectivity index (χ0n) is 13.6. The molecule has 1 aromatic carbocycles. The Bertz CT molecular complexity index is 893. The minimum atomic E-state index is -0.0647.